The van der Waals surface area contributed by atoms with Crippen LogP contribution in [0.5, 0.6) is 0 Å². The third kappa shape index (κ3) is 4.40. The quantitative estimate of drug-likeness (QED) is 0.729. The molecular formula is C11H22N2O4S2. The summed E-state index contributed by atoms with van der Waals surface area (Å²) >= 11 is 0. The van der Waals surface area contributed by atoms with Crippen molar-refractivity contribution in [1.82, 2.24) is 10.0 Å². The third-order valence-electron chi connectivity index (χ3n) is 3.91. The van der Waals surface area contributed by atoms with E-state index in [-0.39, 0.29) is 24.3 Å². The van der Waals surface area contributed by atoms with E-state index in [9.17, 15) is 16.8 Å². The minimum Gasteiger partial charge on any atom is -0.316 e. The first-order valence-electron chi connectivity index (χ1n) is 6.79. The van der Waals surface area contributed by atoms with Crippen LogP contribution in [0.2, 0.25) is 0 Å². The summed E-state index contributed by atoms with van der Waals surface area (Å²) in [6.07, 6.45) is 2.56. The van der Waals surface area contributed by atoms with Crippen molar-refractivity contribution < 1.29 is 16.8 Å². The zero-order valence-corrected chi connectivity index (χ0v) is 12.6. The van der Waals surface area contributed by atoms with E-state index >= 15 is 0 Å². The Morgan fingerprint density at radius 2 is 1.84 bits per heavy atom. The molecule has 0 saturated carbocycles. The average molecular weight is 310 g/mol. The molecule has 2 fully saturated rings. The van der Waals surface area contributed by atoms with Gasteiger partial charge in [-0.1, -0.05) is 0 Å². The molecule has 2 rings (SSSR count). The number of hydrogen-bond donors (Lipinski definition) is 2. The van der Waals surface area contributed by atoms with Gasteiger partial charge in [-0.25, -0.2) is 21.6 Å². The Morgan fingerprint density at radius 3 is 2.42 bits per heavy atom. The van der Waals surface area contributed by atoms with E-state index in [1.807, 2.05) is 0 Å². The van der Waals surface area contributed by atoms with Gasteiger partial charge in [-0.2, -0.15) is 0 Å². The van der Waals surface area contributed by atoms with Crippen LogP contribution in [0.4, 0.5) is 0 Å². The van der Waals surface area contributed by atoms with Gasteiger partial charge < -0.3 is 5.32 Å². The maximum absolute atomic E-state index is 12.1. The molecule has 0 aromatic heterocycles. The standard InChI is InChI=1S/C11H22N2O4S2/c14-18(15)6-3-11(4-7-18)19(16,17)13-9-10-2-1-5-12-8-10/h10-13H,1-9H2. The van der Waals surface area contributed by atoms with Crippen LogP contribution >= 0.6 is 0 Å². The Kier molecular flexibility index (Phi) is 4.86. The molecule has 1 unspecified atom stereocenters. The summed E-state index contributed by atoms with van der Waals surface area (Å²) in [5.74, 6) is 0.323. The van der Waals surface area contributed by atoms with Crippen LogP contribution in [0.15, 0.2) is 0 Å². The highest BCUT2D eigenvalue weighted by Crippen LogP contribution is 2.19. The molecule has 2 heterocycles. The number of sulfone groups is 1. The van der Waals surface area contributed by atoms with E-state index < -0.39 is 25.1 Å². The molecule has 0 aromatic rings. The van der Waals surface area contributed by atoms with Crippen LogP contribution in [-0.2, 0) is 19.9 Å². The van der Waals surface area contributed by atoms with Crippen LogP contribution in [-0.4, -0.2) is 53.2 Å². The van der Waals surface area contributed by atoms with Crippen molar-refractivity contribution in [1.29, 1.82) is 0 Å². The van der Waals surface area contributed by atoms with E-state index in [0.29, 0.717) is 12.5 Å². The average Bonchev–Trinajstić information content (AvgIpc) is 2.37. The Labute approximate surface area is 115 Å². The van der Waals surface area contributed by atoms with Crippen molar-refractivity contribution in [2.45, 2.75) is 30.9 Å². The molecule has 2 saturated heterocycles. The summed E-state index contributed by atoms with van der Waals surface area (Å²) in [4.78, 5) is 0. The SMILES string of the molecule is O=S1(=O)CCC(S(=O)(=O)NCC2CCCNC2)CC1. The van der Waals surface area contributed by atoms with Crippen LogP contribution < -0.4 is 10.0 Å². The van der Waals surface area contributed by atoms with Gasteiger partial charge in [0.05, 0.1) is 16.8 Å². The maximum atomic E-state index is 12.1. The Balaban J connectivity index is 1.84. The summed E-state index contributed by atoms with van der Waals surface area (Å²) in [6.45, 7) is 2.31. The maximum Gasteiger partial charge on any atom is 0.214 e. The molecule has 0 radical (unpaired) electrons. The lowest BCUT2D eigenvalue weighted by Crippen LogP contribution is -2.43. The predicted octanol–water partition coefficient (Wildman–Crippen LogP) is -0.517. The molecule has 0 aliphatic carbocycles. The molecule has 6 nitrogen and oxygen atoms in total. The second-order valence-corrected chi connectivity index (χ2v) is 9.81. The number of rotatable bonds is 4. The monoisotopic (exact) mass is 310 g/mol. The fourth-order valence-electron chi connectivity index (χ4n) is 2.63. The summed E-state index contributed by atoms with van der Waals surface area (Å²) in [7, 11) is -6.39. The molecule has 0 amide bonds. The van der Waals surface area contributed by atoms with Crippen LogP contribution in [0.3, 0.4) is 0 Å². The van der Waals surface area contributed by atoms with E-state index in [0.717, 1.165) is 25.9 Å². The lowest BCUT2D eigenvalue weighted by molar-refractivity contribution is 0.375. The van der Waals surface area contributed by atoms with Crippen molar-refractivity contribution in [3.8, 4) is 0 Å². The molecule has 19 heavy (non-hydrogen) atoms. The summed E-state index contributed by atoms with van der Waals surface area (Å²) < 4.78 is 49.5. The molecule has 2 N–H and O–H groups in total. The van der Waals surface area contributed by atoms with Crippen molar-refractivity contribution in [2.24, 2.45) is 5.92 Å². The smallest absolute Gasteiger partial charge is 0.214 e. The largest absolute Gasteiger partial charge is 0.316 e. The van der Waals surface area contributed by atoms with Crippen molar-refractivity contribution in [3.63, 3.8) is 0 Å². The van der Waals surface area contributed by atoms with Gasteiger partial charge in [-0.3, -0.25) is 0 Å². The topological polar surface area (TPSA) is 92.3 Å². The minimum absolute atomic E-state index is 0.0104. The number of nitrogens with one attached hydrogen (secondary N) is 2. The van der Waals surface area contributed by atoms with Gasteiger partial charge in [-0.05, 0) is 44.7 Å². The molecule has 1 atom stereocenters. The normalized spacial score (nSPS) is 29.2. The molecule has 2 aliphatic rings. The fourth-order valence-corrected chi connectivity index (χ4v) is 5.98. The molecule has 0 aromatic carbocycles. The zero-order valence-electron chi connectivity index (χ0n) is 11.0. The fraction of sp³-hybridized carbons (Fsp3) is 1.00. The van der Waals surface area contributed by atoms with Crippen LogP contribution in [0.25, 0.3) is 0 Å². The van der Waals surface area contributed by atoms with Crippen LogP contribution in [0.1, 0.15) is 25.7 Å². The van der Waals surface area contributed by atoms with Gasteiger partial charge in [-0.15, -0.1) is 0 Å². The second kappa shape index (κ2) is 6.07. The van der Waals surface area contributed by atoms with Gasteiger partial charge in [0.1, 0.15) is 9.84 Å². The summed E-state index contributed by atoms with van der Waals surface area (Å²) in [5, 5.41) is 2.70. The van der Waals surface area contributed by atoms with E-state index in [2.05, 4.69) is 10.0 Å². The van der Waals surface area contributed by atoms with Gasteiger partial charge >= 0.3 is 0 Å². The van der Waals surface area contributed by atoms with Crippen molar-refractivity contribution in [3.05, 3.63) is 0 Å². The molecule has 0 spiro atoms. The molecule has 2 aliphatic heterocycles. The van der Waals surface area contributed by atoms with Crippen molar-refractivity contribution >= 4 is 19.9 Å². The lowest BCUT2D eigenvalue weighted by Gasteiger charge is -2.26. The number of piperidine rings is 1. The van der Waals surface area contributed by atoms with E-state index in [4.69, 9.17) is 0 Å². The van der Waals surface area contributed by atoms with Gasteiger partial charge in [0, 0.05) is 6.54 Å². The van der Waals surface area contributed by atoms with Gasteiger partial charge in [0.15, 0.2) is 0 Å². The highest BCUT2D eigenvalue weighted by molar-refractivity contribution is 7.92. The highest BCUT2D eigenvalue weighted by atomic mass is 32.2. The second-order valence-electron chi connectivity index (χ2n) is 5.46. The highest BCUT2D eigenvalue weighted by Gasteiger charge is 2.32. The van der Waals surface area contributed by atoms with Gasteiger partial charge in [0.25, 0.3) is 0 Å². The first-order valence-corrected chi connectivity index (χ1v) is 10.2. The summed E-state index contributed by atoms with van der Waals surface area (Å²) in [6, 6.07) is 0. The lowest BCUT2D eigenvalue weighted by atomic mass is 10.0. The predicted molar refractivity (Wildman–Crippen MR) is 74.2 cm³/mol. The molecule has 8 heteroatoms. The third-order valence-corrected chi connectivity index (χ3v) is 7.55. The zero-order chi connectivity index (χ0) is 13.9. The number of sulfonamides is 1. The number of hydrogen-bond acceptors (Lipinski definition) is 5. The molecule has 112 valence electrons. The first-order chi connectivity index (χ1) is 8.89. The van der Waals surface area contributed by atoms with Crippen molar-refractivity contribution in [2.75, 3.05) is 31.1 Å². The van der Waals surface area contributed by atoms with E-state index in [1.54, 1.807) is 0 Å². The minimum atomic E-state index is -3.38. The first kappa shape index (κ1) is 15.2. The molecule has 0 bridgehead atoms. The molecular weight excluding hydrogens is 288 g/mol. The summed E-state index contributed by atoms with van der Waals surface area (Å²) in [5.41, 5.74) is 0. The van der Waals surface area contributed by atoms with Crippen LogP contribution in [0, 0.1) is 5.92 Å². The van der Waals surface area contributed by atoms with Gasteiger partial charge in [0.2, 0.25) is 10.0 Å². The Bertz CT molecular complexity index is 481. The Morgan fingerprint density at radius 1 is 1.16 bits per heavy atom. The van der Waals surface area contributed by atoms with E-state index in [1.165, 1.54) is 0 Å². The Hall–Kier alpha value is -0.180.